The third kappa shape index (κ3) is 2.00. The van der Waals surface area contributed by atoms with Crippen molar-refractivity contribution in [1.29, 1.82) is 0 Å². The summed E-state index contributed by atoms with van der Waals surface area (Å²) in [6, 6.07) is 4.05. The van der Waals surface area contributed by atoms with Crippen molar-refractivity contribution in [3.8, 4) is 0 Å². The summed E-state index contributed by atoms with van der Waals surface area (Å²) in [5.74, 6) is 1.47. The second-order valence-corrected chi connectivity index (χ2v) is 4.65. The van der Waals surface area contributed by atoms with Crippen LogP contribution < -0.4 is 5.32 Å². The van der Waals surface area contributed by atoms with E-state index in [1.165, 1.54) is 0 Å². The lowest BCUT2D eigenvalue weighted by Crippen LogP contribution is -2.38. The molecule has 90 valence electrons. The van der Waals surface area contributed by atoms with Crippen LogP contribution in [0.15, 0.2) is 28.9 Å². The Morgan fingerprint density at radius 3 is 3.29 bits per heavy atom. The van der Waals surface area contributed by atoms with Gasteiger partial charge in [-0.2, -0.15) is 0 Å². The second-order valence-electron chi connectivity index (χ2n) is 4.65. The van der Waals surface area contributed by atoms with Crippen LogP contribution in [-0.4, -0.2) is 36.5 Å². The molecular weight excluding hydrogens is 216 g/mol. The number of fused-ring (bicyclic) bond motifs is 1. The number of carbonyl (C=O) groups is 1. The molecule has 0 saturated carbocycles. The quantitative estimate of drug-likeness (QED) is 0.777. The van der Waals surface area contributed by atoms with Gasteiger partial charge in [0.25, 0.3) is 0 Å². The minimum absolute atomic E-state index is 0.0950. The summed E-state index contributed by atoms with van der Waals surface area (Å²) in [5.41, 5.74) is 0. The maximum atomic E-state index is 12.1. The molecule has 17 heavy (non-hydrogen) atoms. The topological polar surface area (TPSA) is 45.5 Å². The van der Waals surface area contributed by atoms with Crippen molar-refractivity contribution in [3.05, 3.63) is 30.2 Å². The molecule has 4 nitrogen and oxygen atoms in total. The van der Waals surface area contributed by atoms with E-state index in [9.17, 15) is 4.79 Å². The van der Waals surface area contributed by atoms with Crippen LogP contribution in [0.3, 0.4) is 0 Å². The smallest absolute Gasteiger partial charge is 0.246 e. The van der Waals surface area contributed by atoms with E-state index in [0.29, 0.717) is 12.0 Å². The summed E-state index contributed by atoms with van der Waals surface area (Å²) >= 11 is 0. The number of likely N-dealkylation sites (tertiary alicyclic amines) is 1. The fourth-order valence-corrected chi connectivity index (χ4v) is 2.76. The molecular formula is C13H16N2O2. The number of furan rings is 1. The molecule has 0 unspecified atom stereocenters. The maximum Gasteiger partial charge on any atom is 0.246 e. The van der Waals surface area contributed by atoms with Crippen LogP contribution in [0.1, 0.15) is 12.2 Å². The van der Waals surface area contributed by atoms with Crippen LogP contribution in [0.2, 0.25) is 0 Å². The average molecular weight is 232 g/mol. The molecule has 3 rings (SSSR count). The Bertz CT molecular complexity index is 425. The lowest BCUT2D eigenvalue weighted by Gasteiger charge is -2.21. The molecule has 2 aliphatic rings. The molecule has 0 aromatic carbocycles. The van der Waals surface area contributed by atoms with E-state index in [0.717, 1.165) is 31.8 Å². The first-order valence-corrected chi connectivity index (χ1v) is 6.07. The molecule has 1 N–H and O–H groups in total. The Morgan fingerprint density at radius 1 is 1.53 bits per heavy atom. The Labute approximate surface area is 100 Å². The van der Waals surface area contributed by atoms with Gasteiger partial charge >= 0.3 is 0 Å². The number of rotatable bonds is 2. The van der Waals surface area contributed by atoms with Gasteiger partial charge in [0.05, 0.1) is 6.26 Å². The Hall–Kier alpha value is -1.55. The number of hydrogen-bond acceptors (Lipinski definition) is 3. The highest BCUT2D eigenvalue weighted by atomic mass is 16.3. The van der Waals surface area contributed by atoms with Crippen molar-refractivity contribution in [2.24, 2.45) is 5.92 Å². The van der Waals surface area contributed by atoms with Crippen LogP contribution in [0.5, 0.6) is 0 Å². The highest BCUT2D eigenvalue weighted by Crippen LogP contribution is 2.27. The van der Waals surface area contributed by atoms with Gasteiger partial charge in [0, 0.05) is 31.8 Å². The van der Waals surface area contributed by atoms with Crippen LogP contribution in [0, 0.1) is 5.92 Å². The minimum Gasteiger partial charge on any atom is -0.465 e. The molecule has 1 aromatic rings. The van der Waals surface area contributed by atoms with Gasteiger partial charge in [-0.15, -0.1) is 0 Å². The predicted molar refractivity (Wildman–Crippen MR) is 64.2 cm³/mol. The van der Waals surface area contributed by atoms with Gasteiger partial charge in [-0.1, -0.05) is 0 Å². The van der Waals surface area contributed by atoms with Gasteiger partial charge in [0.2, 0.25) is 5.91 Å². The molecule has 2 fully saturated rings. The van der Waals surface area contributed by atoms with Crippen LogP contribution in [0.4, 0.5) is 0 Å². The van der Waals surface area contributed by atoms with E-state index in [2.05, 4.69) is 5.32 Å². The second kappa shape index (κ2) is 4.37. The first-order valence-electron chi connectivity index (χ1n) is 6.07. The SMILES string of the molecule is O=C(/C=C/c1ccco1)N1CC[C@H]2CNC[C@H]21. The van der Waals surface area contributed by atoms with E-state index in [1.54, 1.807) is 18.4 Å². The Kier molecular flexibility index (Phi) is 2.73. The van der Waals surface area contributed by atoms with Gasteiger partial charge in [0.15, 0.2) is 0 Å². The van der Waals surface area contributed by atoms with Crippen molar-refractivity contribution >= 4 is 12.0 Å². The lowest BCUT2D eigenvalue weighted by molar-refractivity contribution is -0.126. The van der Waals surface area contributed by atoms with Crippen molar-refractivity contribution < 1.29 is 9.21 Å². The van der Waals surface area contributed by atoms with Gasteiger partial charge in [-0.25, -0.2) is 0 Å². The molecule has 2 atom stereocenters. The highest BCUT2D eigenvalue weighted by molar-refractivity contribution is 5.91. The third-order valence-corrected chi connectivity index (χ3v) is 3.66. The summed E-state index contributed by atoms with van der Waals surface area (Å²) in [6.07, 6.45) is 6.08. The first kappa shape index (κ1) is 10.6. The van der Waals surface area contributed by atoms with E-state index in [-0.39, 0.29) is 5.91 Å². The summed E-state index contributed by atoms with van der Waals surface area (Å²) in [6.45, 7) is 2.87. The van der Waals surface area contributed by atoms with E-state index in [1.807, 2.05) is 17.0 Å². The lowest BCUT2D eigenvalue weighted by atomic mass is 10.1. The van der Waals surface area contributed by atoms with E-state index >= 15 is 0 Å². The summed E-state index contributed by atoms with van der Waals surface area (Å²) in [5, 5.41) is 3.34. The molecule has 3 heterocycles. The van der Waals surface area contributed by atoms with E-state index < -0.39 is 0 Å². The Balaban J connectivity index is 1.66. The summed E-state index contributed by atoms with van der Waals surface area (Å²) in [4.78, 5) is 14.0. The number of nitrogens with one attached hydrogen (secondary N) is 1. The zero-order valence-electron chi connectivity index (χ0n) is 9.63. The van der Waals surface area contributed by atoms with Crippen molar-refractivity contribution in [1.82, 2.24) is 10.2 Å². The zero-order valence-corrected chi connectivity index (χ0v) is 9.63. The van der Waals surface area contributed by atoms with Crippen molar-refractivity contribution in [2.45, 2.75) is 12.5 Å². The fraction of sp³-hybridized carbons (Fsp3) is 0.462. The third-order valence-electron chi connectivity index (χ3n) is 3.66. The molecule has 1 amide bonds. The Morgan fingerprint density at radius 2 is 2.47 bits per heavy atom. The van der Waals surface area contributed by atoms with Crippen LogP contribution in [0.25, 0.3) is 6.08 Å². The monoisotopic (exact) mass is 232 g/mol. The molecule has 0 aliphatic carbocycles. The standard InChI is InChI=1S/C13H16N2O2/c16-13(4-3-11-2-1-7-17-11)15-6-5-10-8-14-9-12(10)15/h1-4,7,10,12,14H,5-6,8-9H2/b4-3+/t10-,12+/m0/s1. The maximum absolute atomic E-state index is 12.1. The molecule has 0 radical (unpaired) electrons. The van der Waals surface area contributed by atoms with Crippen molar-refractivity contribution in [3.63, 3.8) is 0 Å². The molecule has 4 heteroatoms. The van der Waals surface area contributed by atoms with Gasteiger partial charge < -0.3 is 14.6 Å². The first-order chi connectivity index (χ1) is 8.34. The summed E-state index contributed by atoms with van der Waals surface area (Å²) < 4.78 is 5.16. The number of carbonyl (C=O) groups excluding carboxylic acids is 1. The average Bonchev–Trinajstić information content (AvgIpc) is 3.02. The predicted octanol–water partition coefficient (Wildman–Crippen LogP) is 1.11. The van der Waals surface area contributed by atoms with Crippen LogP contribution in [-0.2, 0) is 4.79 Å². The summed E-state index contributed by atoms with van der Waals surface area (Å²) in [7, 11) is 0. The normalized spacial score (nSPS) is 27.9. The molecule has 0 spiro atoms. The van der Waals surface area contributed by atoms with Crippen molar-refractivity contribution in [2.75, 3.05) is 19.6 Å². The van der Waals surface area contributed by atoms with Gasteiger partial charge in [0.1, 0.15) is 5.76 Å². The number of hydrogen-bond donors (Lipinski definition) is 1. The molecule has 2 saturated heterocycles. The number of amides is 1. The zero-order chi connectivity index (χ0) is 11.7. The highest BCUT2D eigenvalue weighted by Gasteiger charge is 2.38. The van der Waals surface area contributed by atoms with Gasteiger partial charge in [-0.3, -0.25) is 4.79 Å². The van der Waals surface area contributed by atoms with Crippen LogP contribution >= 0.6 is 0 Å². The molecule has 0 bridgehead atoms. The molecule has 2 aliphatic heterocycles. The van der Waals surface area contributed by atoms with E-state index in [4.69, 9.17) is 4.42 Å². The minimum atomic E-state index is 0.0950. The largest absolute Gasteiger partial charge is 0.465 e. The van der Waals surface area contributed by atoms with Gasteiger partial charge in [-0.05, 0) is 30.5 Å². The number of nitrogens with zero attached hydrogens (tertiary/aromatic N) is 1. The molecule has 1 aromatic heterocycles. The fourth-order valence-electron chi connectivity index (χ4n) is 2.76.